The number of aliphatic hydroxyl groups excluding tert-OH is 1. The first-order valence-corrected chi connectivity index (χ1v) is 8.07. The number of aromatic nitrogens is 1. The monoisotopic (exact) mass is 331 g/mol. The lowest BCUT2D eigenvalue weighted by molar-refractivity contribution is 0.0693. The zero-order valence-corrected chi connectivity index (χ0v) is 14.5. The highest BCUT2D eigenvalue weighted by Gasteiger charge is 2.18. The highest BCUT2D eigenvalue weighted by molar-refractivity contribution is 5.92. The molecule has 130 valence electrons. The molecule has 0 aliphatic heterocycles. The van der Waals surface area contributed by atoms with Gasteiger partial charge in [0.2, 0.25) is 0 Å². The van der Waals surface area contributed by atoms with Gasteiger partial charge in [-0.25, -0.2) is 0 Å². The minimum Gasteiger partial charge on any atom is -0.392 e. The third-order valence-corrected chi connectivity index (χ3v) is 3.71. The predicted octanol–water partition coefficient (Wildman–Crippen LogP) is 1.80. The Kier molecular flexibility index (Phi) is 6.52. The molecular weight excluding hydrogens is 306 g/mol. The minimum atomic E-state index is -0.575. The molecule has 2 aromatic rings. The van der Waals surface area contributed by atoms with Gasteiger partial charge in [-0.3, -0.25) is 9.69 Å². The number of benzene rings is 1. The Hall–Kier alpha value is -2.18. The van der Waals surface area contributed by atoms with E-state index < -0.39 is 6.10 Å². The van der Waals surface area contributed by atoms with Gasteiger partial charge in [0.25, 0.3) is 5.91 Å². The molecule has 1 aromatic carbocycles. The largest absolute Gasteiger partial charge is 0.392 e. The molecular formula is C18H25N3O3. The molecule has 0 aliphatic rings. The quantitative estimate of drug-likeness (QED) is 0.799. The van der Waals surface area contributed by atoms with E-state index in [1.54, 1.807) is 20.0 Å². The summed E-state index contributed by atoms with van der Waals surface area (Å²) < 4.78 is 5.26. The van der Waals surface area contributed by atoms with Crippen molar-refractivity contribution >= 4 is 5.91 Å². The van der Waals surface area contributed by atoms with E-state index in [1.807, 2.05) is 25.2 Å². The van der Waals surface area contributed by atoms with Gasteiger partial charge in [-0.15, -0.1) is 0 Å². The molecule has 1 heterocycles. The number of likely N-dealkylation sites (N-methyl/N-ethyl adjacent to an activating group) is 2. The van der Waals surface area contributed by atoms with Crippen molar-refractivity contribution in [3.63, 3.8) is 0 Å². The Morgan fingerprint density at radius 1 is 1.29 bits per heavy atom. The molecule has 1 aromatic heterocycles. The summed E-state index contributed by atoms with van der Waals surface area (Å²) in [7, 11) is 3.64. The lowest BCUT2D eigenvalue weighted by Gasteiger charge is -2.16. The molecule has 0 saturated heterocycles. The summed E-state index contributed by atoms with van der Waals surface area (Å²) >= 11 is 0. The number of carbonyl (C=O) groups is 1. The van der Waals surface area contributed by atoms with E-state index in [1.165, 1.54) is 10.5 Å². The van der Waals surface area contributed by atoms with Crippen LogP contribution < -0.4 is 0 Å². The van der Waals surface area contributed by atoms with Crippen LogP contribution in [0.25, 0.3) is 0 Å². The Morgan fingerprint density at radius 2 is 2.00 bits per heavy atom. The summed E-state index contributed by atoms with van der Waals surface area (Å²) in [5.41, 5.74) is 1.56. The van der Waals surface area contributed by atoms with Crippen LogP contribution in [0.15, 0.2) is 40.9 Å². The van der Waals surface area contributed by atoms with Crippen molar-refractivity contribution < 1.29 is 14.4 Å². The molecule has 6 nitrogen and oxygen atoms in total. The smallest absolute Gasteiger partial charge is 0.275 e. The first-order chi connectivity index (χ1) is 11.5. The van der Waals surface area contributed by atoms with Crippen LogP contribution in [0.3, 0.4) is 0 Å². The number of carbonyl (C=O) groups excluding carboxylic acids is 1. The van der Waals surface area contributed by atoms with Crippen molar-refractivity contribution in [2.45, 2.75) is 26.0 Å². The molecule has 0 bridgehead atoms. The van der Waals surface area contributed by atoms with Crippen LogP contribution in [0.1, 0.15) is 28.7 Å². The maximum absolute atomic E-state index is 12.2. The van der Waals surface area contributed by atoms with Gasteiger partial charge in [-0.05, 0) is 26.0 Å². The number of amides is 1. The second-order valence-electron chi connectivity index (χ2n) is 6.19. The number of rotatable bonds is 8. The molecule has 0 spiro atoms. The van der Waals surface area contributed by atoms with Crippen LogP contribution >= 0.6 is 0 Å². The van der Waals surface area contributed by atoms with Crippen molar-refractivity contribution in [2.24, 2.45) is 0 Å². The molecule has 1 atom stereocenters. The summed E-state index contributed by atoms with van der Waals surface area (Å²) in [6.45, 7) is 3.38. The van der Waals surface area contributed by atoms with Gasteiger partial charge in [0.15, 0.2) is 11.5 Å². The van der Waals surface area contributed by atoms with Crippen molar-refractivity contribution in [1.82, 2.24) is 15.0 Å². The van der Waals surface area contributed by atoms with Gasteiger partial charge in [0, 0.05) is 26.2 Å². The summed E-state index contributed by atoms with van der Waals surface area (Å²) in [6.07, 6.45) is 0.378. The topological polar surface area (TPSA) is 69.8 Å². The maximum atomic E-state index is 12.2. The minimum absolute atomic E-state index is 0.252. The molecule has 0 fully saturated rings. The first-order valence-electron chi connectivity index (χ1n) is 8.07. The summed E-state index contributed by atoms with van der Waals surface area (Å²) in [5, 5.41) is 13.2. The van der Waals surface area contributed by atoms with Gasteiger partial charge < -0.3 is 14.5 Å². The van der Waals surface area contributed by atoms with Crippen molar-refractivity contribution in [2.75, 3.05) is 27.2 Å². The van der Waals surface area contributed by atoms with Crippen LogP contribution in [0.5, 0.6) is 0 Å². The number of nitrogens with zero attached hydrogens (tertiary/aromatic N) is 3. The van der Waals surface area contributed by atoms with E-state index in [9.17, 15) is 9.90 Å². The van der Waals surface area contributed by atoms with E-state index in [4.69, 9.17) is 4.52 Å². The molecule has 24 heavy (non-hydrogen) atoms. The van der Waals surface area contributed by atoms with E-state index >= 15 is 0 Å². The van der Waals surface area contributed by atoms with Crippen LogP contribution in [0.4, 0.5) is 0 Å². The standard InChI is InChI=1S/C18H25N3O3/c1-14(22)12-21(3)18(23)17-11-16(24-19-17)13-20(2)10-9-15-7-5-4-6-8-15/h4-8,11,14,22H,9-10,12-13H2,1-3H3/t14-/m1/s1. The zero-order valence-electron chi connectivity index (χ0n) is 14.5. The molecule has 0 radical (unpaired) electrons. The number of aliphatic hydroxyl groups is 1. The molecule has 0 aliphatic carbocycles. The average molecular weight is 331 g/mol. The second kappa shape index (κ2) is 8.61. The van der Waals surface area contributed by atoms with E-state index in [0.717, 1.165) is 13.0 Å². The van der Waals surface area contributed by atoms with Gasteiger partial charge >= 0.3 is 0 Å². The SMILES string of the molecule is C[C@@H](O)CN(C)C(=O)c1cc(CN(C)CCc2ccccc2)on1. The zero-order chi connectivity index (χ0) is 17.5. The molecule has 2 rings (SSSR count). The summed E-state index contributed by atoms with van der Waals surface area (Å²) in [6, 6.07) is 12.0. The molecule has 1 N–H and O–H groups in total. The van der Waals surface area contributed by atoms with E-state index in [-0.39, 0.29) is 18.1 Å². The molecule has 0 unspecified atom stereocenters. The third-order valence-electron chi connectivity index (χ3n) is 3.71. The summed E-state index contributed by atoms with van der Waals surface area (Å²) in [5.74, 6) is 0.400. The van der Waals surface area contributed by atoms with E-state index in [0.29, 0.717) is 12.3 Å². The van der Waals surface area contributed by atoms with Gasteiger partial charge in [-0.1, -0.05) is 35.5 Å². The lowest BCUT2D eigenvalue weighted by Crippen LogP contribution is -2.33. The normalized spacial score (nSPS) is 12.4. The molecule has 0 saturated carbocycles. The Labute approximate surface area is 142 Å². The highest BCUT2D eigenvalue weighted by Crippen LogP contribution is 2.10. The fourth-order valence-electron chi connectivity index (χ4n) is 2.47. The van der Waals surface area contributed by atoms with Crippen molar-refractivity contribution in [3.05, 3.63) is 53.4 Å². The Balaban J connectivity index is 1.85. The van der Waals surface area contributed by atoms with Crippen LogP contribution in [-0.4, -0.2) is 59.3 Å². The Bertz CT molecular complexity index is 640. The van der Waals surface area contributed by atoms with Crippen LogP contribution in [0, 0.1) is 0 Å². The van der Waals surface area contributed by atoms with Gasteiger partial charge in [0.05, 0.1) is 12.6 Å². The fourth-order valence-corrected chi connectivity index (χ4v) is 2.47. The first kappa shape index (κ1) is 18.2. The fraction of sp³-hybridized carbons (Fsp3) is 0.444. The summed E-state index contributed by atoms with van der Waals surface area (Å²) in [4.78, 5) is 15.7. The van der Waals surface area contributed by atoms with Gasteiger partial charge in [-0.2, -0.15) is 0 Å². The van der Waals surface area contributed by atoms with Crippen molar-refractivity contribution in [3.8, 4) is 0 Å². The van der Waals surface area contributed by atoms with Crippen LogP contribution in [-0.2, 0) is 13.0 Å². The van der Waals surface area contributed by atoms with Crippen LogP contribution in [0.2, 0.25) is 0 Å². The second-order valence-corrected chi connectivity index (χ2v) is 6.19. The number of hydrogen-bond acceptors (Lipinski definition) is 5. The maximum Gasteiger partial charge on any atom is 0.275 e. The Morgan fingerprint density at radius 3 is 2.67 bits per heavy atom. The van der Waals surface area contributed by atoms with Crippen molar-refractivity contribution in [1.29, 1.82) is 0 Å². The predicted molar refractivity (Wildman–Crippen MR) is 91.6 cm³/mol. The third kappa shape index (κ3) is 5.47. The van der Waals surface area contributed by atoms with E-state index in [2.05, 4.69) is 22.2 Å². The lowest BCUT2D eigenvalue weighted by atomic mass is 10.1. The molecule has 6 heteroatoms. The molecule has 1 amide bonds. The average Bonchev–Trinajstić information content (AvgIpc) is 3.01. The number of hydrogen-bond donors (Lipinski definition) is 1. The highest BCUT2D eigenvalue weighted by atomic mass is 16.5. The van der Waals surface area contributed by atoms with Gasteiger partial charge in [0.1, 0.15) is 0 Å².